The zero-order valence-electron chi connectivity index (χ0n) is 19.5. The van der Waals surface area contributed by atoms with Gasteiger partial charge in [-0.1, -0.05) is 12.1 Å². The van der Waals surface area contributed by atoms with Crippen molar-refractivity contribution in [3.05, 3.63) is 95.3 Å². The molecule has 38 heavy (non-hydrogen) atoms. The Bertz CT molecular complexity index is 1310. The topological polar surface area (TPSA) is 99.1 Å². The summed E-state index contributed by atoms with van der Waals surface area (Å²) in [4.78, 5) is 35.1. The fourth-order valence-electron chi connectivity index (χ4n) is 2.99. The zero-order valence-corrected chi connectivity index (χ0v) is 19.5. The number of carbonyl (C=O) groups is 3. The Morgan fingerprint density at radius 2 is 1.45 bits per heavy atom. The second kappa shape index (κ2) is 12.5. The molecule has 3 aromatic rings. The van der Waals surface area contributed by atoms with Crippen molar-refractivity contribution in [3.8, 4) is 17.2 Å². The Balaban J connectivity index is 1.51. The van der Waals surface area contributed by atoms with Gasteiger partial charge < -0.3 is 19.3 Å². The number of carbonyl (C=O) groups excluding carboxylic acids is 2. The molecule has 0 unspecified atom stereocenters. The lowest BCUT2D eigenvalue weighted by Crippen LogP contribution is -2.11. The van der Waals surface area contributed by atoms with E-state index in [2.05, 4.69) is 0 Å². The molecule has 0 aliphatic heterocycles. The summed E-state index contributed by atoms with van der Waals surface area (Å²) in [7, 11) is 0. The predicted molar refractivity (Wildman–Crippen MR) is 127 cm³/mol. The summed E-state index contributed by atoms with van der Waals surface area (Å²) in [5.74, 6) is -3.56. The number of alkyl halides is 3. The summed E-state index contributed by atoms with van der Waals surface area (Å²) in [5, 5.41) is 8.87. The highest BCUT2D eigenvalue weighted by Crippen LogP contribution is 2.24. The first-order valence-corrected chi connectivity index (χ1v) is 11.0. The molecule has 0 saturated heterocycles. The number of benzene rings is 3. The predicted octanol–water partition coefficient (Wildman–Crippen LogP) is 6.08. The van der Waals surface area contributed by atoms with E-state index in [-0.39, 0.29) is 41.4 Å². The summed E-state index contributed by atoms with van der Waals surface area (Å²) >= 11 is 0. The smallest absolute Gasteiger partial charge is 0.389 e. The molecule has 198 valence electrons. The summed E-state index contributed by atoms with van der Waals surface area (Å²) < 4.78 is 65.9. The summed E-state index contributed by atoms with van der Waals surface area (Å²) in [6.45, 7) is -0.335. The van der Waals surface area contributed by atoms with Gasteiger partial charge >= 0.3 is 24.1 Å². The molecule has 11 heteroatoms. The normalized spacial score (nSPS) is 11.3. The lowest BCUT2D eigenvalue weighted by Gasteiger charge is -2.10. The van der Waals surface area contributed by atoms with E-state index in [1.807, 2.05) is 0 Å². The van der Waals surface area contributed by atoms with E-state index in [1.54, 1.807) is 12.1 Å². The maximum Gasteiger partial charge on any atom is 0.389 e. The Morgan fingerprint density at radius 1 is 0.842 bits per heavy atom. The number of carboxylic acid groups (broad SMARTS) is 1. The molecule has 0 aliphatic carbocycles. The van der Waals surface area contributed by atoms with Gasteiger partial charge in [-0.25, -0.2) is 18.8 Å². The van der Waals surface area contributed by atoms with Gasteiger partial charge in [0.2, 0.25) is 0 Å². The number of aromatic carboxylic acids is 1. The van der Waals surface area contributed by atoms with Crippen LogP contribution in [0.4, 0.5) is 17.6 Å². The van der Waals surface area contributed by atoms with Crippen molar-refractivity contribution in [3.63, 3.8) is 0 Å². The van der Waals surface area contributed by atoms with Gasteiger partial charge in [-0.2, -0.15) is 13.2 Å². The van der Waals surface area contributed by atoms with Crippen LogP contribution >= 0.6 is 0 Å². The third kappa shape index (κ3) is 8.77. The van der Waals surface area contributed by atoms with Gasteiger partial charge in [0.1, 0.15) is 11.5 Å². The number of esters is 2. The number of hydrogen-bond donors (Lipinski definition) is 1. The molecule has 0 fully saturated rings. The SMILES string of the molecule is O=C(/C=C/c1ccc(OC(=O)c2ccc(OCCCC(F)(F)F)c(F)c2)cc1)Oc1ccc(C(=O)O)cc1. The second-order valence-corrected chi connectivity index (χ2v) is 7.75. The largest absolute Gasteiger partial charge is 0.491 e. The second-order valence-electron chi connectivity index (χ2n) is 7.75. The molecule has 0 spiro atoms. The highest BCUT2D eigenvalue weighted by molar-refractivity contribution is 5.91. The summed E-state index contributed by atoms with van der Waals surface area (Å²) in [5.41, 5.74) is 0.491. The van der Waals surface area contributed by atoms with Gasteiger partial charge in [0.25, 0.3) is 0 Å². The summed E-state index contributed by atoms with van der Waals surface area (Å²) in [6, 6.07) is 14.5. The molecular weight excluding hydrogens is 512 g/mol. The molecule has 0 saturated carbocycles. The van der Waals surface area contributed by atoms with Crippen LogP contribution in [-0.4, -0.2) is 35.8 Å². The molecule has 3 rings (SSSR count). The van der Waals surface area contributed by atoms with Crippen molar-refractivity contribution in [2.45, 2.75) is 19.0 Å². The van der Waals surface area contributed by atoms with E-state index in [1.165, 1.54) is 48.5 Å². The Kier molecular flexibility index (Phi) is 9.20. The highest BCUT2D eigenvalue weighted by Gasteiger charge is 2.26. The third-order valence-electron chi connectivity index (χ3n) is 4.85. The molecular formula is C27H20F4O7. The first-order valence-electron chi connectivity index (χ1n) is 11.0. The van der Waals surface area contributed by atoms with Crippen molar-refractivity contribution in [2.75, 3.05) is 6.61 Å². The number of carboxylic acids is 1. The molecule has 3 aromatic carbocycles. The van der Waals surface area contributed by atoms with Crippen LogP contribution < -0.4 is 14.2 Å². The molecule has 0 heterocycles. The van der Waals surface area contributed by atoms with Crippen LogP contribution in [0.3, 0.4) is 0 Å². The monoisotopic (exact) mass is 532 g/mol. The van der Waals surface area contributed by atoms with E-state index < -0.39 is 36.3 Å². The highest BCUT2D eigenvalue weighted by atomic mass is 19.4. The molecule has 0 aromatic heterocycles. The van der Waals surface area contributed by atoms with Crippen LogP contribution in [0.5, 0.6) is 17.2 Å². The van der Waals surface area contributed by atoms with E-state index in [9.17, 15) is 31.9 Å². The lowest BCUT2D eigenvalue weighted by molar-refractivity contribution is -0.136. The van der Waals surface area contributed by atoms with Crippen LogP contribution in [0.1, 0.15) is 39.1 Å². The van der Waals surface area contributed by atoms with Gasteiger partial charge in [0.15, 0.2) is 11.6 Å². The van der Waals surface area contributed by atoms with E-state index in [0.717, 1.165) is 18.2 Å². The Hall–Kier alpha value is -4.67. The van der Waals surface area contributed by atoms with E-state index in [0.29, 0.717) is 5.56 Å². The average molecular weight is 532 g/mol. The molecule has 7 nitrogen and oxygen atoms in total. The van der Waals surface area contributed by atoms with Gasteiger partial charge in [0.05, 0.1) is 17.7 Å². The minimum atomic E-state index is -4.32. The minimum Gasteiger partial charge on any atom is -0.491 e. The van der Waals surface area contributed by atoms with Gasteiger partial charge in [0, 0.05) is 12.5 Å². The van der Waals surface area contributed by atoms with Crippen molar-refractivity contribution in [1.82, 2.24) is 0 Å². The third-order valence-corrected chi connectivity index (χ3v) is 4.85. The van der Waals surface area contributed by atoms with Crippen molar-refractivity contribution in [1.29, 1.82) is 0 Å². The fraction of sp³-hybridized carbons (Fsp3) is 0.148. The van der Waals surface area contributed by atoms with Crippen molar-refractivity contribution < 1.29 is 51.3 Å². The number of ether oxygens (including phenoxy) is 3. The van der Waals surface area contributed by atoms with Gasteiger partial charge in [-0.15, -0.1) is 0 Å². The van der Waals surface area contributed by atoms with Crippen LogP contribution in [0.25, 0.3) is 6.08 Å². The molecule has 1 N–H and O–H groups in total. The van der Waals surface area contributed by atoms with Crippen LogP contribution in [0.15, 0.2) is 72.8 Å². The summed E-state index contributed by atoms with van der Waals surface area (Å²) in [6.07, 6.45) is -3.11. The fourth-order valence-corrected chi connectivity index (χ4v) is 2.99. The molecule has 0 amide bonds. The quantitative estimate of drug-likeness (QED) is 0.111. The Morgan fingerprint density at radius 3 is 2.05 bits per heavy atom. The zero-order chi connectivity index (χ0) is 27.7. The molecule has 0 atom stereocenters. The van der Waals surface area contributed by atoms with Crippen LogP contribution in [0, 0.1) is 5.82 Å². The first-order chi connectivity index (χ1) is 18.0. The van der Waals surface area contributed by atoms with Crippen molar-refractivity contribution in [2.24, 2.45) is 0 Å². The lowest BCUT2D eigenvalue weighted by atomic mass is 10.2. The maximum absolute atomic E-state index is 14.2. The van der Waals surface area contributed by atoms with Gasteiger partial charge in [-0.05, 0) is 72.7 Å². The minimum absolute atomic E-state index is 0.0515. The van der Waals surface area contributed by atoms with Crippen LogP contribution in [0.2, 0.25) is 0 Å². The first kappa shape index (κ1) is 27.9. The van der Waals surface area contributed by atoms with E-state index in [4.69, 9.17) is 19.3 Å². The number of hydrogen-bond acceptors (Lipinski definition) is 6. The number of rotatable bonds is 10. The van der Waals surface area contributed by atoms with Crippen molar-refractivity contribution >= 4 is 24.0 Å². The standard InChI is InChI=1S/C27H20F4O7/c28-22-16-19(7-12-23(22)36-15-1-14-27(29,30)31)26(35)38-21-8-2-17(3-9-21)4-13-24(32)37-20-10-5-18(6-11-20)25(33)34/h2-13,16H,1,14-15H2,(H,33,34)/b13-4+. The Labute approximate surface area is 213 Å². The number of halogens is 4. The van der Waals surface area contributed by atoms with Gasteiger partial charge in [-0.3, -0.25) is 0 Å². The average Bonchev–Trinajstić information content (AvgIpc) is 2.86. The molecule has 0 radical (unpaired) electrons. The van der Waals surface area contributed by atoms with E-state index >= 15 is 0 Å². The molecule has 0 bridgehead atoms. The van der Waals surface area contributed by atoms with Crippen LogP contribution in [-0.2, 0) is 4.79 Å². The molecule has 0 aliphatic rings. The maximum atomic E-state index is 14.2.